The van der Waals surface area contributed by atoms with Crippen LogP contribution in [0, 0.1) is 0 Å². The summed E-state index contributed by atoms with van der Waals surface area (Å²) < 4.78 is 6.02. The molecule has 2 unspecified atom stereocenters. The molecule has 20 heavy (non-hydrogen) atoms. The van der Waals surface area contributed by atoms with Gasteiger partial charge in [0.15, 0.2) is 0 Å². The van der Waals surface area contributed by atoms with Gasteiger partial charge in [-0.15, -0.1) is 0 Å². The van der Waals surface area contributed by atoms with Crippen molar-refractivity contribution in [2.45, 2.75) is 31.1 Å². The molecule has 1 fully saturated rings. The molecule has 2 heterocycles. The lowest BCUT2D eigenvalue weighted by atomic mass is 9.96. The van der Waals surface area contributed by atoms with Gasteiger partial charge in [-0.1, -0.05) is 25.1 Å². The SMILES string of the molecule is CCNC(c1cccc2c1OCCC2)C1CSCCS1. The fourth-order valence-electron chi connectivity index (χ4n) is 3.02. The summed E-state index contributed by atoms with van der Waals surface area (Å²) in [6.45, 7) is 4.08. The molecule has 3 rings (SSSR count). The lowest BCUT2D eigenvalue weighted by molar-refractivity contribution is 0.281. The smallest absolute Gasteiger partial charge is 0.127 e. The summed E-state index contributed by atoms with van der Waals surface area (Å²) in [6.07, 6.45) is 2.31. The molecule has 0 aromatic heterocycles. The molecule has 4 heteroatoms. The first-order valence-electron chi connectivity index (χ1n) is 7.57. The van der Waals surface area contributed by atoms with E-state index in [1.54, 1.807) is 0 Å². The van der Waals surface area contributed by atoms with Crippen LogP contribution in [0.2, 0.25) is 0 Å². The molecular weight excluding hydrogens is 286 g/mol. The molecule has 1 saturated heterocycles. The molecule has 1 aromatic carbocycles. The number of nitrogens with one attached hydrogen (secondary N) is 1. The van der Waals surface area contributed by atoms with E-state index in [1.807, 2.05) is 0 Å². The van der Waals surface area contributed by atoms with Gasteiger partial charge in [0.05, 0.1) is 6.61 Å². The van der Waals surface area contributed by atoms with E-state index in [0.717, 1.165) is 26.0 Å². The van der Waals surface area contributed by atoms with Crippen LogP contribution in [0.25, 0.3) is 0 Å². The van der Waals surface area contributed by atoms with Crippen LogP contribution in [0.15, 0.2) is 18.2 Å². The van der Waals surface area contributed by atoms with Crippen LogP contribution in [-0.2, 0) is 6.42 Å². The van der Waals surface area contributed by atoms with Gasteiger partial charge in [0, 0.05) is 34.1 Å². The molecule has 2 aliphatic rings. The Labute approximate surface area is 130 Å². The Morgan fingerprint density at radius 1 is 1.40 bits per heavy atom. The fraction of sp³-hybridized carbons (Fsp3) is 0.625. The van der Waals surface area contributed by atoms with E-state index in [-0.39, 0.29) is 0 Å². The molecule has 0 spiro atoms. The third kappa shape index (κ3) is 3.12. The molecule has 2 nitrogen and oxygen atoms in total. The third-order valence-electron chi connectivity index (χ3n) is 3.94. The third-order valence-corrected chi connectivity index (χ3v) is 6.80. The van der Waals surface area contributed by atoms with Crippen molar-refractivity contribution in [1.29, 1.82) is 0 Å². The van der Waals surface area contributed by atoms with E-state index < -0.39 is 0 Å². The monoisotopic (exact) mass is 309 g/mol. The van der Waals surface area contributed by atoms with Gasteiger partial charge in [-0.05, 0) is 24.9 Å². The van der Waals surface area contributed by atoms with Gasteiger partial charge < -0.3 is 10.1 Å². The Hall–Kier alpha value is -0.320. The summed E-state index contributed by atoms with van der Waals surface area (Å²) in [5.74, 6) is 4.98. The van der Waals surface area contributed by atoms with E-state index in [0.29, 0.717) is 11.3 Å². The largest absolute Gasteiger partial charge is 0.493 e. The van der Waals surface area contributed by atoms with E-state index in [2.05, 4.69) is 54.0 Å². The van der Waals surface area contributed by atoms with Crippen molar-refractivity contribution in [2.24, 2.45) is 0 Å². The van der Waals surface area contributed by atoms with Crippen molar-refractivity contribution >= 4 is 23.5 Å². The van der Waals surface area contributed by atoms with Crippen LogP contribution in [-0.4, -0.2) is 35.7 Å². The van der Waals surface area contributed by atoms with Crippen LogP contribution >= 0.6 is 23.5 Å². The van der Waals surface area contributed by atoms with E-state index in [9.17, 15) is 0 Å². The molecule has 0 bridgehead atoms. The first kappa shape index (κ1) is 14.6. The van der Waals surface area contributed by atoms with E-state index >= 15 is 0 Å². The highest BCUT2D eigenvalue weighted by Crippen LogP contribution is 2.39. The lowest BCUT2D eigenvalue weighted by Crippen LogP contribution is -2.34. The number of benzene rings is 1. The zero-order valence-electron chi connectivity index (χ0n) is 12.1. The predicted molar refractivity (Wildman–Crippen MR) is 90.2 cm³/mol. The predicted octanol–water partition coefficient (Wildman–Crippen LogP) is 3.51. The standard InChI is InChI=1S/C16H23NOS2/c1-2-17-15(14-11-19-9-10-20-14)13-7-3-5-12-6-4-8-18-16(12)13/h3,5,7,14-15,17H,2,4,6,8-11H2,1H3. The van der Waals surface area contributed by atoms with Gasteiger partial charge in [0.25, 0.3) is 0 Å². The lowest BCUT2D eigenvalue weighted by Gasteiger charge is -2.32. The first-order valence-corrected chi connectivity index (χ1v) is 9.78. The Kier molecular flexibility index (Phi) is 5.19. The number of para-hydroxylation sites is 1. The maximum Gasteiger partial charge on any atom is 0.127 e. The Balaban J connectivity index is 1.90. The van der Waals surface area contributed by atoms with Crippen molar-refractivity contribution in [1.82, 2.24) is 5.32 Å². The Bertz CT molecular complexity index is 446. The molecule has 110 valence electrons. The van der Waals surface area contributed by atoms with Crippen LogP contribution in [0.5, 0.6) is 5.75 Å². The summed E-state index contributed by atoms with van der Waals surface area (Å²) >= 11 is 4.21. The summed E-state index contributed by atoms with van der Waals surface area (Å²) in [6, 6.07) is 7.11. The number of fused-ring (bicyclic) bond motifs is 1. The van der Waals surface area contributed by atoms with Gasteiger partial charge in [-0.25, -0.2) is 0 Å². The van der Waals surface area contributed by atoms with Gasteiger partial charge in [-0.3, -0.25) is 0 Å². The van der Waals surface area contributed by atoms with Crippen LogP contribution in [0.4, 0.5) is 0 Å². The van der Waals surface area contributed by atoms with Gasteiger partial charge in [-0.2, -0.15) is 23.5 Å². The molecule has 1 N–H and O–H groups in total. The van der Waals surface area contributed by atoms with Crippen molar-refractivity contribution < 1.29 is 4.74 Å². The average Bonchev–Trinajstić information content (AvgIpc) is 2.53. The highest BCUT2D eigenvalue weighted by atomic mass is 32.2. The number of ether oxygens (including phenoxy) is 1. The Morgan fingerprint density at radius 3 is 3.15 bits per heavy atom. The second kappa shape index (κ2) is 7.10. The molecule has 2 atom stereocenters. The molecule has 0 aliphatic carbocycles. The minimum Gasteiger partial charge on any atom is -0.493 e. The molecule has 1 aromatic rings. The average molecular weight is 310 g/mol. The van der Waals surface area contributed by atoms with E-state index in [1.165, 1.54) is 34.1 Å². The quantitative estimate of drug-likeness (QED) is 0.918. The summed E-state index contributed by atoms with van der Waals surface area (Å²) in [5, 5.41) is 4.36. The number of aryl methyl sites for hydroxylation is 1. The zero-order valence-corrected chi connectivity index (χ0v) is 13.7. The first-order chi connectivity index (χ1) is 9.90. The molecule has 2 aliphatic heterocycles. The minimum absolute atomic E-state index is 0.422. The fourth-order valence-corrected chi connectivity index (χ4v) is 5.88. The van der Waals surface area contributed by atoms with Gasteiger partial charge >= 0.3 is 0 Å². The van der Waals surface area contributed by atoms with Gasteiger partial charge in [0.1, 0.15) is 5.75 Å². The number of hydrogen-bond acceptors (Lipinski definition) is 4. The topological polar surface area (TPSA) is 21.3 Å². The minimum atomic E-state index is 0.422. The summed E-state index contributed by atoms with van der Waals surface area (Å²) in [7, 11) is 0. The van der Waals surface area contributed by atoms with Crippen LogP contribution < -0.4 is 10.1 Å². The number of hydrogen-bond donors (Lipinski definition) is 1. The Morgan fingerprint density at radius 2 is 2.35 bits per heavy atom. The van der Waals surface area contributed by atoms with E-state index in [4.69, 9.17) is 4.74 Å². The van der Waals surface area contributed by atoms with Crippen LogP contribution in [0.3, 0.4) is 0 Å². The van der Waals surface area contributed by atoms with Crippen molar-refractivity contribution in [2.75, 3.05) is 30.4 Å². The zero-order chi connectivity index (χ0) is 13.8. The second-order valence-electron chi connectivity index (χ2n) is 5.31. The maximum atomic E-state index is 6.02. The second-order valence-corrected chi connectivity index (χ2v) is 7.80. The van der Waals surface area contributed by atoms with Crippen LogP contribution in [0.1, 0.15) is 30.5 Å². The molecule has 0 saturated carbocycles. The number of rotatable bonds is 4. The number of thioether (sulfide) groups is 2. The molecule has 0 radical (unpaired) electrons. The van der Waals surface area contributed by atoms with Crippen molar-refractivity contribution in [3.05, 3.63) is 29.3 Å². The normalized spacial score (nSPS) is 23.8. The summed E-state index contributed by atoms with van der Waals surface area (Å²) in [5.41, 5.74) is 2.77. The highest BCUT2D eigenvalue weighted by molar-refractivity contribution is 8.06. The van der Waals surface area contributed by atoms with Crippen molar-refractivity contribution in [3.63, 3.8) is 0 Å². The molecular formula is C16H23NOS2. The maximum absolute atomic E-state index is 6.02. The van der Waals surface area contributed by atoms with Crippen molar-refractivity contribution in [3.8, 4) is 5.75 Å². The highest BCUT2D eigenvalue weighted by Gasteiger charge is 2.29. The molecule has 0 amide bonds. The van der Waals surface area contributed by atoms with Gasteiger partial charge in [0.2, 0.25) is 0 Å². The summed E-state index contributed by atoms with van der Waals surface area (Å²) in [4.78, 5) is 0.